The average molecular weight is 361 g/mol. The van der Waals surface area contributed by atoms with Crippen molar-refractivity contribution in [1.82, 2.24) is 9.55 Å². The molecule has 0 atom stereocenters. The van der Waals surface area contributed by atoms with Gasteiger partial charge in [0.25, 0.3) is 0 Å². The molecule has 0 unspecified atom stereocenters. The minimum absolute atomic E-state index is 0.133. The third kappa shape index (κ3) is 2.61. The molecule has 0 amide bonds. The fourth-order valence-electron chi connectivity index (χ4n) is 3.40. The van der Waals surface area contributed by atoms with E-state index in [2.05, 4.69) is 35.8 Å². The number of imidazole rings is 1. The highest BCUT2D eigenvalue weighted by molar-refractivity contribution is 6.42. The predicted molar refractivity (Wildman–Crippen MR) is 98.4 cm³/mol. The molecule has 5 heteroatoms. The minimum Gasteiger partial charge on any atom is -0.393 e. The Kier molecular flexibility index (Phi) is 4.03. The summed E-state index contributed by atoms with van der Waals surface area (Å²) in [5.74, 6) is 1.46. The van der Waals surface area contributed by atoms with E-state index in [1.165, 1.54) is 5.56 Å². The van der Waals surface area contributed by atoms with E-state index in [1.807, 2.05) is 12.1 Å². The molecule has 1 aliphatic carbocycles. The lowest BCUT2D eigenvalue weighted by Crippen LogP contribution is -2.26. The maximum Gasteiger partial charge on any atom is 0.114 e. The standard InChI is InChI=1S/C19H18Cl2N2O/c1-2-19-22-17-9-15(20)16(21)10-18(17)23(19)13-5-3-11(4-6-13)12-7-14(24)8-12/h3-6,9-10,12,14,24H,2,7-8H2,1H3/t12-,14-. The van der Waals surface area contributed by atoms with Gasteiger partial charge in [-0.3, -0.25) is 4.57 Å². The predicted octanol–water partition coefficient (Wildman–Crippen LogP) is 5.13. The van der Waals surface area contributed by atoms with Crippen LogP contribution in [0.2, 0.25) is 10.0 Å². The van der Waals surface area contributed by atoms with Gasteiger partial charge in [-0.1, -0.05) is 42.3 Å². The summed E-state index contributed by atoms with van der Waals surface area (Å²) in [6.45, 7) is 2.09. The number of hydrogen-bond donors (Lipinski definition) is 1. The van der Waals surface area contributed by atoms with Crippen LogP contribution < -0.4 is 0 Å². The van der Waals surface area contributed by atoms with Gasteiger partial charge < -0.3 is 5.11 Å². The second-order valence-corrected chi connectivity index (χ2v) is 7.20. The van der Waals surface area contributed by atoms with Crippen molar-refractivity contribution in [2.75, 3.05) is 0 Å². The zero-order valence-corrected chi connectivity index (χ0v) is 14.8. The molecule has 0 aliphatic heterocycles. The van der Waals surface area contributed by atoms with Crippen molar-refractivity contribution in [3.8, 4) is 5.69 Å². The fraction of sp³-hybridized carbons (Fsp3) is 0.316. The largest absolute Gasteiger partial charge is 0.393 e. The van der Waals surface area contributed by atoms with Crippen LogP contribution in [-0.2, 0) is 6.42 Å². The summed E-state index contributed by atoms with van der Waals surface area (Å²) < 4.78 is 2.14. The van der Waals surface area contributed by atoms with Crippen LogP contribution in [0.15, 0.2) is 36.4 Å². The number of halogens is 2. The van der Waals surface area contributed by atoms with Crippen molar-refractivity contribution in [2.24, 2.45) is 0 Å². The maximum absolute atomic E-state index is 9.48. The molecule has 1 N–H and O–H groups in total. The number of aliphatic hydroxyl groups excluding tert-OH is 1. The minimum atomic E-state index is -0.133. The zero-order valence-electron chi connectivity index (χ0n) is 13.3. The van der Waals surface area contributed by atoms with Crippen LogP contribution >= 0.6 is 23.2 Å². The summed E-state index contributed by atoms with van der Waals surface area (Å²) in [7, 11) is 0. The number of nitrogens with zero attached hydrogens (tertiary/aromatic N) is 2. The Morgan fingerprint density at radius 3 is 2.42 bits per heavy atom. The van der Waals surface area contributed by atoms with Crippen molar-refractivity contribution in [1.29, 1.82) is 0 Å². The van der Waals surface area contributed by atoms with E-state index in [0.29, 0.717) is 16.0 Å². The van der Waals surface area contributed by atoms with Crippen LogP contribution in [0.5, 0.6) is 0 Å². The van der Waals surface area contributed by atoms with Gasteiger partial charge in [-0.15, -0.1) is 0 Å². The molecule has 1 heterocycles. The SMILES string of the molecule is CCc1nc2cc(Cl)c(Cl)cc2n1-c1ccc([C@H]2C[C@H](O)C2)cc1. The van der Waals surface area contributed by atoms with Gasteiger partial charge in [0.2, 0.25) is 0 Å². The van der Waals surface area contributed by atoms with Crippen molar-refractivity contribution in [3.05, 3.63) is 57.8 Å². The highest BCUT2D eigenvalue weighted by Gasteiger charge is 2.28. The van der Waals surface area contributed by atoms with Crippen molar-refractivity contribution >= 4 is 34.2 Å². The molecule has 1 saturated carbocycles. The summed E-state index contributed by atoms with van der Waals surface area (Å²) in [6.07, 6.45) is 2.41. The van der Waals surface area contributed by atoms with E-state index in [4.69, 9.17) is 28.2 Å². The number of aryl methyl sites for hydroxylation is 1. The quantitative estimate of drug-likeness (QED) is 0.702. The fourth-order valence-corrected chi connectivity index (χ4v) is 3.72. The molecule has 0 radical (unpaired) electrons. The molecule has 2 aromatic carbocycles. The molecule has 1 fully saturated rings. The third-order valence-electron chi connectivity index (χ3n) is 4.82. The van der Waals surface area contributed by atoms with Crippen molar-refractivity contribution in [3.63, 3.8) is 0 Å². The first-order valence-electron chi connectivity index (χ1n) is 8.21. The van der Waals surface area contributed by atoms with E-state index in [9.17, 15) is 5.11 Å². The van der Waals surface area contributed by atoms with Gasteiger partial charge in [0.15, 0.2) is 0 Å². The Morgan fingerprint density at radius 1 is 1.12 bits per heavy atom. The van der Waals surface area contributed by atoms with Crippen LogP contribution in [0.1, 0.15) is 37.1 Å². The average Bonchev–Trinajstić information content (AvgIpc) is 2.90. The number of fused-ring (bicyclic) bond motifs is 1. The summed E-state index contributed by atoms with van der Waals surface area (Å²) in [5, 5.41) is 10.5. The van der Waals surface area contributed by atoms with Crippen LogP contribution in [0.4, 0.5) is 0 Å². The number of rotatable bonds is 3. The number of aromatic nitrogens is 2. The molecule has 1 aliphatic rings. The van der Waals surface area contributed by atoms with E-state index >= 15 is 0 Å². The second kappa shape index (κ2) is 6.07. The zero-order chi connectivity index (χ0) is 16.8. The van der Waals surface area contributed by atoms with Gasteiger partial charge in [0.05, 0.1) is 27.2 Å². The Bertz CT molecular complexity index is 896. The lowest BCUT2D eigenvalue weighted by Gasteiger charge is -2.31. The first-order valence-corrected chi connectivity index (χ1v) is 8.97. The summed E-state index contributed by atoms with van der Waals surface area (Å²) in [5.41, 5.74) is 4.17. The van der Waals surface area contributed by atoms with Gasteiger partial charge in [-0.2, -0.15) is 0 Å². The van der Waals surface area contributed by atoms with Gasteiger partial charge in [0.1, 0.15) is 5.82 Å². The molecular weight excluding hydrogens is 343 g/mol. The summed E-state index contributed by atoms with van der Waals surface area (Å²) in [6, 6.07) is 12.2. The Hall–Kier alpha value is -1.55. The molecular formula is C19H18Cl2N2O. The van der Waals surface area contributed by atoms with Gasteiger partial charge >= 0.3 is 0 Å². The van der Waals surface area contributed by atoms with Crippen LogP contribution in [0.25, 0.3) is 16.7 Å². The normalized spacial score (nSPS) is 20.3. The number of aliphatic hydroxyl groups is 1. The smallest absolute Gasteiger partial charge is 0.114 e. The number of benzene rings is 2. The Labute approximate surface area is 150 Å². The molecule has 24 heavy (non-hydrogen) atoms. The summed E-state index contributed by atoms with van der Waals surface area (Å²) >= 11 is 12.3. The molecule has 1 aromatic heterocycles. The molecule has 3 nitrogen and oxygen atoms in total. The molecule has 0 spiro atoms. The van der Waals surface area contributed by atoms with Crippen LogP contribution in [-0.4, -0.2) is 20.8 Å². The van der Waals surface area contributed by atoms with Crippen LogP contribution in [0, 0.1) is 0 Å². The first-order chi connectivity index (χ1) is 11.6. The van der Waals surface area contributed by atoms with Crippen molar-refractivity contribution in [2.45, 2.75) is 38.2 Å². The first kappa shape index (κ1) is 15.9. The van der Waals surface area contributed by atoms with E-state index < -0.39 is 0 Å². The lowest BCUT2D eigenvalue weighted by atomic mass is 9.78. The topological polar surface area (TPSA) is 38.0 Å². The van der Waals surface area contributed by atoms with Crippen molar-refractivity contribution < 1.29 is 5.11 Å². The van der Waals surface area contributed by atoms with E-state index in [-0.39, 0.29) is 6.10 Å². The monoisotopic (exact) mass is 360 g/mol. The molecule has 0 saturated heterocycles. The van der Waals surface area contributed by atoms with Crippen LogP contribution in [0.3, 0.4) is 0 Å². The van der Waals surface area contributed by atoms with E-state index in [0.717, 1.165) is 41.8 Å². The highest BCUT2D eigenvalue weighted by atomic mass is 35.5. The molecule has 0 bridgehead atoms. The Morgan fingerprint density at radius 2 is 1.79 bits per heavy atom. The third-order valence-corrected chi connectivity index (χ3v) is 5.54. The lowest BCUT2D eigenvalue weighted by molar-refractivity contribution is 0.0746. The highest BCUT2D eigenvalue weighted by Crippen LogP contribution is 2.37. The number of hydrogen-bond acceptors (Lipinski definition) is 2. The Balaban J connectivity index is 1.79. The maximum atomic E-state index is 9.48. The van der Waals surface area contributed by atoms with E-state index in [1.54, 1.807) is 0 Å². The van der Waals surface area contributed by atoms with Gasteiger partial charge in [-0.05, 0) is 48.6 Å². The summed E-state index contributed by atoms with van der Waals surface area (Å²) in [4.78, 5) is 4.69. The van der Waals surface area contributed by atoms with Gasteiger partial charge in [-0.25, -0.2) is 4.98 Å². The molecule has 3 aromatic rings. The molecule has 124 valence electrons. The second-order valence-electron chi connectivity index (χ2n) is 6.39. The van der Waals surface area contributed by atoms with Gasteiger partial charge in [0, 0.05) is 12.1 Å². The molecule has 4 rings (SSSR count).